The molecule has 118 valence electrons. The third kappa shape index (κ3) is 5.05. The Morgan fingerprint density at radius 1 is 1.29 bits per heavy atom. The SMILES string of the molecule is CCNC(C)(CCCOc1ccccc1CC)C(=O)OC. The number of para-hydroxylation sites is 1. The van der Waals surface area contributed by atoms with E-state index in [-0.39, 0.29) is 5.97 Å². The first-order valence-electron chi connectivity index (χ1n) is 7.61. The number of hydrogen-bond donors (Lipinski definition) is 1. The quantitative estimate of drug-likeness (QED) is 0.562. The highest BCUT2D eigenvalue weighted by atomic mass is 16.5. The highest BCUT2D eigenvalue weighted by Gasteiger charge is 2.32. The van der Waals surface area contributed by atoms with Crippen molar-refractivity contribution < 1.29 is 14.3 Å². The number of rotatable bonds is 9. The molecule has 0 amide bonds. The molecule has 0 spiro atoms. The minimum Gasteiger partial charge on any atom is -0.493 e. The maximum atomic E-state index is 11.9. The molecular weight excluding hydrogens is 266 g/mol. The lowest BCUT2D eigenvalue weighted by molar-refractivity contribution is -0.148. The molecule has 0 fully saturated rings. The summed E-state index contributed by atoms with van der Waals surface area (Å²) in [5, 5.41) is 3.20. The second-order valence-corrected chi connectivity index (χ2v) is 5.27. The van der Waals surface area contributed by atoms with Gasteiger partial charge >= 0.3 is 5.97 Å². The number of carbonyl (C=O) groups is 1. The van der Waals surface area contributed by atoms with Crippen LogP contribution in [-0.2, 0) is 16.0 Å². The van der Waals surface area contributed by atoms with Gasteiger partial charge in [-0.3, -0.25) is 4.79 Å². The fourth-order valence-electron chi connectivity index (χ4n) is 2.42. The molecule has 1 rings (SSSR count). The zero-order chi connectivity index (χ0) is 15.7. The predicted octanol–water partition coefficient (Wildman–Crippen LogP) is 2.95. The number of benzene rings is 1. The smallest absolute Gasteiger partial charge is 0.325 e. The molecule has 4 nitrogen and oxygen atoms in total. The Bertz CT molecular complexity index is 447. The molecule has 0 saturated carbocycles. The first-order valence-corrected chi connectivity index (χ1v) is 7.61. The lowest BCUT2D eigenvalue weighted by Crippen LogP contribution is -2.50. The van der Waals surface area contributed by atoms with E-state index in [0.29, 0.717) is 13.0 Å². The maximum Gasteiger partial charge on any atom is 0.325 e. The zero-order valence-corrected chi connectivity index (χ0v) is 13.6. The van der Waals surface area contributed by atoms with Crippen molar-refractivity contribution in [3.8, 4) is 5.75 Å². The average molecular weight is 293 g/mol. The number of carbonyl (C=O) groups excluding carboxylic acids is 1. The van der Waals surface area contributed by atoms with Crippen molar-refractivity contribution in [2.24, 2.45) is 0 Å². The van der Waals surface area contributed by atoms with Gasteiger partial charge in [0.25, 0.3) is 0 Å². The summed E-state index contributed by atoms with van der Waals surface area (Å²) < 4.78 is 10.7. The van der Waals surface area contributed by atoms with Crippen molar-refractivity contribution in [1.29, 1.82) is 0 Å². The van der Waals surface area contributed by atoms with Gasteiger partial charge in [0.2, 0.25) is 0 Å². The molecule has 0 heterocycles. The summed E-state index contributed by atoms with van der Waals surface area (Å²) in [5.74, 6) is 0.710. The largest absolute Gasteiger partial charge is 0.493 e. The summed E-state index contributed by atoms with van der Waals surface area (Å²) in [6.45, 7) is 7.29. The summed E-state index contributed by atoms with van der Waals surface area (Å²) in [4.78, 5) is 11.9. The van der Waals surface area contributed by atoms with E-state index >= 15 is 0 Å². The number of esters is 1. The Morgan fingerprint density at radius 2 is 2.00 bits per heavy atom. The van der Waals surface area contributed by atoms with Crippen molar-refractivity contribution in [2.75, 3.05) is 20.3 Å². The molecule has 0 radical (unpaired) electrons. The third-order valence-electron chi connectivity index (χ3n) is 3.64. The molecular formula is C17H27NO3. The van der Waals surface area contributed by atoms with Gasteiger partial charge in [-0.2, -0.15) is 0 Å². The normalized spacial score (nSPS) is 13.5. The molecule has 0 aromatic heterocycles. The second-order valence-electron chi connectivity index (χ2n) is 5.27. The van der Waals surface area contributed by atoms with Crippen LogP contribution in [0, 0.1) is 0 Å². The standard InChI is InChI=1S/C17H27NO3/c1-5-14-10-7-8-11-15(14)21-13-9-12-17(3,18-6-2)16(19)20-4/h7-8,10-11,18H,5-6,9,12-13H2,1-4H3. The maximum absolute atomic E-state index is 11.9. The van der Waals surface area contributed by atoms with Crippen LogP contribution in [0.5, 0.6) is 5.75 Å². The Hall–Kier alpha value is -1.55. The first kappa shape index (κ1) is 17.5. The minimum absolute atomic E-state index is 0.224. The van der Waals surface area contributed by atoms with E-state index in [2.05, 4.69) is 18.3 Å². The first-order chi connectivity index (χ1) is 10.1. The summed E-state index contributed by atoms with van der Waals surface area (Å²) in [5.41, 5.74) is 0.567. The van der Waals surface area contributed by atoms with Crippen LogP contribution in [-0.4, -0.2) is 31.8 Å². The van der Waals surface area contributed by atoms with Crippen LogP contribution in [0.25, 0.3) is 0 Å². The van der Waals surface area contributed by atoms with E-state index in [1.54, 1.807) is 0 Å². The number of methoxy groups -OCH3 is 1. The Labute approximate surface area is 127 Å². The van der Waals surface area contributed by atoms with Crippen LogP contribution in [0.2, 0.25) is 0 Å². The fourth-order valence-corrected chi connectivity index (χ4v) is 2.42. The highest BCUT2D eigenvalue weighted by molar-refractivity contribution is 5.80. The fraction of sp³-hybridized carbons (Fsp3) is 0.588. The van der Waals surface area contributed by atoms with Crippen LogP contribution in [0.15, 0.2) is 24.3 Å². The monoisotopic (exact) mass is 293 g/mol. The molecule has 21 heavy (non-hydrogen) atoms. The van der Waals surface area contributed by atoms with E-state index in [1.165, 1.54) is 12.7 Å². The van der Waals surface area contributed by atoms with Crippen LogP contribution < -0.4 is 10.1 Å². The minimum atomic E-state index is -0.642. The third-order valence-corrected chi connectivity index (χ3v) is 3.64. The molecule has 0 saturated heterocycles. The number of aryl methyl sites for hydroxylation is 1. The van der Waals surface area contributed by atoms with E-state index in [4.69, 9.17) is 9.47 Å². The number of likely N-dealkylation sites (N-methyl/N-ethyl adjacent to an activating group) is 1. The van der Waals surface area contributed by atoms with Crippen LogP contribution in [0.1, 0.15) is 39.2 Å². The van der Waals surface area contributed by atoms with E-state index in [9.17, 15) is 4.79 Å². The lowest BCUT2D eigenvalue weighted by atomic mass is 9.96. The summed E-state index contributed by atoms with van der Waals surface area (Å²) >= 11 is 0. The van der Waals surface area contributed by atoms with Crippen molar-refractivity contribution >= 4 is 5.97 Å². The molecule has 1 N–H and O–H groups in total. The highest BCUT2D eigenvalue weighted by Crippen LogP contribution is 2.20. The lowest BCUT2D eigenvalue weighted by Gasteiger charge is -2.27. The Morgan fingerprint density at radius 3 is 2.62 bits per heavy atom. The number of ether oxygens (including phenoxy) is 2. The number of hydrogen-bond acceptors (Lipinski definition) is 4. The van der Waals surface area contributed by atoms with Gasteiger partial charge in [-0.25, -0.2) is 0 Å². The molecule has 0 aliphatic heterocycles. The molecule has 0 aliphatic rings. The second kappa shape index (κ2) is 8.67. The summed E-state index contributed by atoms with van der Waals surface area (Å²) in [7, 11) is 1.42. The van der Waals surface area contributed by atoms with Crippen molar-refractivity contribution in [1.82, 2.24) is 5.32 Å². The zero-order valence-electron chi connectivity index (χ0n) is 13.6. The molecule has 1 atom stereocenters. The summed E-state index contributed by atoms with van der Waals surface area (Å²) in [6, 6.07) is 8.06. The van der Waals surface area contributed by atoms with E-state index in [1.807, 2.05) is 32.0 Å². The van der Waals surface area contributed by atoms with Crippen molar-refractivity contribution in [3.05, 3.63) is 29.8 Å². The van der Waals surface area contributed by atoms with Gasteiger partial charge in [0.05, 0.1) is 13.7 Å². The molecule has 1 aromatic carbocycles. The van der Waals surface area contributed by atoms with E-state index in [0.717, 1.165) is 25.1 Å². The Balaban J connectivity index is 2.49. The average Bonchev–Trinajstić information content (AvgIpc) is 2.51. The molecule has 0 aliphatic carbocycles. The van der Waals surface area contributed by atoms with Gasteiger partial charge < -0.3 is 14.8 Å². The van der Waals surface area contributed by atoms with Crippen molar-refractivity contribution in [3.63, 3.8) is 0 Å². The summed E-state index contributed by atoms with van der Waals surface area (Å²) in [6.07, 6.45) is 2.42. The van der Waals surface area contributed by atoms with Crippen molar-refractivity contribution in [2.45, 2.75) is 45.6 Å². The van der Waals surface area contributed by atoms with Gasteiger partial charge in [0.15, 0.2) is 0 Å². The topological polar surface area (TPSA) is 47.6 Å². The van der Waals surface area contributed by atoms with Crippen LogP contribution in [0.3, 0.4) is 0 Å². The van der Waals surface area contributed by atoms with Gasteiger partial charge in [-0.05, 0) is 44.4 Å². The van der Waals surface area contributed by atoms with Gasteiger partial charge in [0.1, 0.15) is 11.3 Å². The Kier molecular flexibility index (Phi) is 7.23. The molecule has 1 aromatic rings. The van der Waals surface area contributed by atoms with Gasteiger partial charge in [-0.15, -0.1) is 0 Å². The van der Waals surface area contributed by atoms with Gasteiger partial charge in [-0.1, -0.05) is 32.0 Å². The van der Waals surface area contributed by atoms with Gasteiger partial charge in [0, 0.05) is 0 Å². The predicted molar refractivity (Wildman–Crippen MR) is 84.6 cm³/mol. The van der Waals surface area contributed by atoms with E-state index < -0.39 is 5.54 Å². The number of nitrogens with one attached hydrogen (secondary N) is 1. The van der Waals surface area contributed by atoms with Crippen LogP contribution in [0.4, 0.5) is 0 Å². The molecule has 4 heteroatoms. The van der Waals surface area contributed by atoms with Crippen LogP contribution >= 0.6 is 0 Å². The molecule has 1 unspecified atom stereocenters. The molecule has 0 bridgehead atoms.